The SMILES string of the molecule is O=c1[nH]ncc2c(Nc3nnc4n3C(c3ccc(F)cc3)COC4)c(Br)ccc12. The molecule has 0 bridgehead atoms. The molecule has 0 saturated heterocycles. The molecule has 0 amide bonds. The number of hydrogen-bond acceptors (Lipinski definition) is 6. The highest BCUT2D eigenvalue weighted by atomic mass is 79.9. The summed E-state index contributed by atoms with van der Waals surface area (Å²) in [7, 11) is 0. The highest BCUT2D eigenvalue weighted by Gasteiger charge is 2.27. The van der Waals surface area contributed by atoms with E-state index in [9.17, 15) is 9.18 Å². The van der Waals surface area contributed by atoms with Crippen molar-refractivity contribution in [2.45, 2.75) is 12.6 Å². The summed E-state index contributed by atoms with van der Waals surface area (Å²) in [5.41, 5.74) is 1.25. The van der Waals surface area contributed by atoms with Crippen LogP contribution in [0.5, 0.6) is 0 Å². The highest BCUT2D eigenvalue weighted by molar-refractivity contribution is 9.10. The maximum Gasteiger partial charge on any atom is 0.272 e. The number of hydrogen-bond donors (Lipinski definition) is 2. The molecule has 0 spiro atoms. The lowest BCUT2D eigenvalue weighted by atomic mass is 10.1. The number of rotatable bonds is 3. The quantitative estimate of drug-likeness (QED) is 0.490. The number of halogens is 2. The lowest BCUT2D eigenvalue weighted by Gasteiger charge is -2.27. The van der Waals surface area contributed by atoms with Gasteiger partial charge in [0.25, 0.3) is 5.56 Å². The Kier molecular flexibility index (Phi) is 4.36. The Morgan fingerprint density at radius 3 is 2.83 bits per heavy atom. The second kappa shape index (κ2) is 7.05. The van der Waals surface area contributed by atoms with E-state index in [-0.39, 0.29) is 17.4 Å². The van der Waals surface area contributed by atoms with Crippen LogP contribution >= 0.6 is 15.9 Å². The van der Waals surface area contributed by atoms with Gasteiger partial charge in [-0.15, -0.1) is 10.2 Å². The normalized spacial score (nSPS) is 16.0. The third kappa shape index (κ3) is 3.10. The van der Waals surface area contributed by atoms with Gasteiger partial charge in [-0.2, -0.15) is 5.10 Å². The molecule has 146 valence electrons. The highest BCUT2D eigenvalue weighted by Crippen LogP contribution is 2.34. The van der Waals surface area contributed by atoms with Crippen molar-refractivity contribution in [3.8, 4) is 0 Å². The Bertz CT molecular complexity index is 1270. The van der Waals surface area contributed by atoms with Gasteiger partial charge < -0.3 is 10.1 Å². The molecule has 0 fully saturated rings. The molecule has 3 heterocycles. The zero-order valence-electron chi connectivity index (χ0n) is 14.9. The summed E-state index contributed by atoms with van der Waals surface area (Å²) >= 11 is 3.53. The van der Waals surface area contributed by atoms with E-state index in [4.69, 9.17) is 4.74 Å². The van der Waals surface area contributed by atoms with Gasteiger partial charge in [0, 0.05) is 9.86 Å². The van der Waals surface area contributed by atoms with Crippen molar-refractivity contribution in [2.24, 2.45) is 0 Å². The number of aromatic nitrogens is 5. The van der Waals surface area contributed by atoms with E-state index in [1.807, 2.05) is 4.57 Å². The lowest BCUT2D eigenvalue weighted by molar-refractivity contribution is 0.0670. The fraction of sp³-hybridized carbons (Fsp3) is 0.158. The number of benzene rings is 2. The molecule has 10 heteroatoms. The van der Waals surface area contributed by atoms with Crippen molar-refractivity contribution in [1.82, 2.24) is 25.0 Å². The van der Waals surface area contributed by atoms with Gasteiger partial charge in [-0.25, -0.2) is 9.49 Å². The number of nitrogens with one attached hydrogen (secondary N) is 2. The van der Waals surface area contributed by atoms with Crippen LogP contribution in [0.2, 0.25) is 0 Å². The predicted octanol–water partition coefficient (Wildman–Crippen LogP) is 3.28. The van der Waals surface area contributed by atoms with E-state index < -0.39 is 0 Å². The topological polar surface area (TPSA) is 97.7 Å². The Labute approximate surface area is 171 Å². The summed E-state index contributed by atoms with van der Waals surface area (Å²) in [4.78, 5) is 12.1. The van der Waals surface area contributed by atoms with Crippen molar-refractivity contribution in [1.29, 1.82) is 0 Å². The van der Waals surface area contributed by atoms with E-state index in [1.54, 1.807) is 30.5 Å². The first-order valence-electron chi connectivity index (χ1n) is 8.82. The molecule has 29 heavy (non-hydrogen) atoms. The molecule has 8 nitrogen and oxygen atoms in total. The second-order valence-electron chi connectivity index (χ2n) is 6.60. The maximum atomic E-state index is 13.4. The monoisotopic (exact) mass is 456 g/mol. The minimum atomic E-state index is -0.301. The summed E-state index contributed by atoms with van der Waals surface area (Å²) in [6.45, 7) is 0.730. The number of anilines is 2. The number of nitrogens with zero attached hydrogens (tertiary/aromatic N) is 4. The molecule has 4 aromatic rings. The van der Waals surface area contributed by atoms with Gasteiger partial charge in [0.1, 0.15) is 12.4 Å². The average Bonchev–Trinajstić information content (AvgIpc) is 3.14. The van der Waals surface area contributed by atoms with Crippen LogP contribution in [0.3, 0.4) is 0 Å². The van der Waals surface area contributed by atoms with Crippen molar-refractivity contribution in [3.63, 3.8) is 0 Å². The molecule has 1 atom stereocenters. The molecular weight excluding hydrogens is 443 g/mol. The van der Waals surface area contributed by atoms with Crippen LogP contribution in [0.1, 0.15) is 17.4 Å². The standard InChI is InChI=1S/C19H14BrFN6O2/c20-14-6-5-12-13(7-22-25-18(12)28)17(14)23-19-26-24-16-9-29-8-15(27(16)19)10-1-3-11(21)4-2-10/h1-7,15H,8-9H2,(H,23,26)(H,25,28). The minimum absolute atomic E-state index is 0.216. The number of ether oxygens (including phenoxy) is 1. The fourth-order valence-corrected chi connectivity index (χ4v) is 3.93. The molecule has 1 unspecified atom stereocenters. The van der Waals surface area contributed by atoms with Crippen molar-refractivity contribution < 1.29 is 9.13 Å². The molecule has 0 aliphatic carbocycles. The summed E-state index contributed by atoms with van der Waals surface area (Å²) in [6, 6.07) is 9.57. The Morgan fingerprint density at radius 2 is 2.00 bits per heavy atom. The van der Waals surface area contributed by atoms with Crippen LogP contribution in [0, 0.1) is 5.82 Å². The van der Waals surface area contributed by atoms with Gasteiger partial charge in [-0.1, -0.05) is 12.1 Å². The third-order valence-corrected chi connectivity index (χ3v) is 5.54. The van der Waals surface area contributed by atoms with E-state index in [0.717, 1.165) is 10.0 Å². The number of aromatic amines is 1. The van der Waals surface area contributed by atoms with Crippen LogP contribution < -0.4 is 10.9 Å². The Morgan fingerprint density at radius 1 is 1.17 bits per heavy atom. The first-order valence-corrected chi connectivity index (χ1v) is 9.61. The molecular formula is C19H14BrFN6O2. The predicted molar refractivity (Wildman–Crippen MR) is 108 cm³/mol. The largest absolute Gasteiger partial charge is 0.371 e. The first kappa shape index (κ1) is 18.0. The maximum absolute atomic E-state index is 13.4. The molecule has 0 saturated carbocycles. The summed E-state index contributed by atoms with van der Waals surface area (Å²) < 4.78 is 21.7. The van der Waals surface area contributed by atoms with E-state index in [0.29, 0.717) is 41.4 Å². The van der Waals surface area contributed by atoms with Gasteiger partial charge in [-0.3, -0.25) is 9.36 Å². The van der Waals surface area contributed by atoms with E-state index in [1.165, 1.54) is 12.1 Å². The molecule has 2 aromatic heterocycles. The van der Waals surface area contributed by atoms with Crippen LogP contribution in [0.4, 0.5) is 16.0 Å². The summed E-state index contributed by atoms with van der Waals surface area (Å²) in [5.74, 6) is 0.844. The van der Waals surface area contributed by atoms with Gasteiger partial charge in [0.05, 0.1) is 29.9 Å². The number of H-pyrrole nitrogens is 1. The molecule has 1 aliphatic heterocycles. The van der Waals surface area contributed by atoms with E-state index >= 15 is 0 Å². The second-order valence-corrected chi connectivity index (χ2v) is 7.45. The first-order chi connectivity index (χ1) is 14.1. The summed E-state index contributed by atoms with van der Waals surface area (Å²) in [5, 5.41) is 19.3. The van der Waals surface area contributed by atoms with Gasteiger partial charge in [-0.05, 0) is 45.8 Å². The average molecular weight is 457 g/mol. The zero-order chi connectivity index (χ0) is 20.0. The van der Waals surface area contributed by atoms with Crippen LogP contribution in [-0.4, -0.2) is 31.6 Å². The molecule has 0 radical (unpaired) electrons. The lowest BCUT2D eigenvalue weighted by Crippen LogP contribution is -2.25. The smallest absolute Gasteiger partial charge is 0.272 e. The van der Waals surface area contributed by atoms with Crippen LogP contribution in [0.25, 0.3) is 10.8 Å². The Hall–Kier alpha value is -3.11. The molecule has 1 aliphatic rings. The fourth-order valence-electron chi connectivity index (χ4n) is 3.48. The van der Waals surface area contributed by atoms with Crippen LogP contribution in [-0.2, 0) is 11.3 Å². The van der Waals surface area contributed by atoms with Crippen molar-refractivity contribution in [2.75, 3.05) is 11.9 Å². The third-order valence-electron chi connectivity index (χ3n) is 4.88. The summed E-state index contributed by atoms with van der Waals surface area (Å²) in [6.07, 6.45) is 1.58. The minimum Gasteiger partial charge on any atom is -0.371 e. The molecule has 2 aromatic carbocycles. The zero-order valence-corrected chi connectivity index (χ0v) is 16.5. The van der Waals surface area contributed by atoms with Crippen molar-refractivity contribution in [3.05, 3.63) is 74.6 Å². The molecule has 2 N–H and O–H groups in total. The van der Waals surface area contributed by atoms with Gasteiger partial charge >= 0.3 is 0 Å². The van der Waals surface area contributed by atoms with Crippen LogP contribution in [0.15, 0.2) is 51.9 Å². The van der Waals surface area contributed by atoms with Gasteiger partial charge in [0.15, 0.2) is 5.82 Å². The molecule has 5 rings (SSSR count). The van der Waals surface area contributed by atoms with E-state index in [2.05, 4.69) is 41.6 Å². The number of fused-ring (bicyclic) bond motifs is 2. The van der Waals surface area contributed by atoms with Crippen molar-refractivity contribution >= 4 is 38.3 Å². The van der Waals surface area contributed by atoms with Gasteiger partial charge in [0.2, 0.25) is 5.95 Å². The Balaban J connectivity index is 1.62.